The highest BCUT2D eigenvalue weighted by Crippen LogP contribution is 2.24. The number of fused-ring (bicyclic) bond motifs is 1. The predicted octanol–water partition coefficient (Wildman–Crippen LogP) is 3.74. The average Bonchev–Trinajstić information content (AvgIpc) is 2.74. The summed E-state index contributed by atoms with van der Waals surface area (Å²) >= 11 is 0. The van der Waals surface area contributed by atoms with Crippen molar-refractivity contribution in [1.82, 2.24) is 14.9 Å². The van der Waals surface area contributed by atoms with Crippen LogP contribution >= 0.6 is 0 Å². The van der Waals surface area contributed by atoms with Gasteiger partial charge in [-0.15, -0.1) is 0 Å². The minimum Gasteiger partial charge on any atom is -0.467 e. The highest BCUT2D eigenvalue weighted by atomic mass is 16.5. The summed E-state index contributed by atoms with van der Waals surface area (Å²) < 4.78 is 5.15. The number of methoxy groups -OCH3 is 1. The molecule has 2 aromatic carbocycles. The zero-order valence-corrected chi connectivity index (χ0v) is 16.0. The Bertz CT molecular complexity index is 900. The third-order valence-corrected chi connectivity index (χ3v) is 5.51. The van der Waals surface area contributed by atoms with Gasteiger partial charge in [0.2, 0.25) is 0 Å². The first kappa shape index (κ1) is 17.7. The summed E-state index contributed by atoms with van der Waals surface area (Å²) in [6, 6.07) is 18.2. The molecule has 0 amide bonds. The van der Waals surface area contributed by atoms with E-state index in [0.717, 1.165) is 38.3 Å². The maximum absolute atomic E-state index is 5.15. The monoisotopic (exact) mass is 362 g/mol. The summed E-state index contributed by atoms with van der Waals surface area (Å²) in [4.78, 5) is 13.4. The van der Waals surface area contributed by atoms with E-state index in [4.69, 9.17) is 4.74 Å². The second-order valence-corrected chi connectivity index (χ2v) is 7.17. The number of rotatable bonds is 5. The number of anilines is 1. The Hall–Kier alpha value is -2.66. The summed E-state index contributed by atoms with van der Waals surface area (Å²) in [7, 11) is 3.85. The van der Waals surface area contributed by atoms with E-state index in [-0.39, 0.29) is 0 Å². The first-order chi connectivity index (χ1) is 13.2. The van der Waals surface area contributed by atoms with Crippen molar-refractivity contribution in [3.05, 3.63) is 60.3 Å². The smallest absolute Gasteiger partial charge is 0.318 e. The molecule has 140 valence electrons. The molecule has 0 aliphatic carbocycles. The number of nitrogens with zero attached hydrogens (tertiary/aromatic N) is 4. The van der Waals surface area contributed by atoms with Crippen LogP contribution in [-0.4, -0.2) is 48.2 Å². The Labute approximate surface area is 160 Å². The molecule has 27 heavy (non-hydrogen) atoms. The van der Waals surface area contributed by atoms with Crippen LogP contribution in [0.5, 0.6) is 6.01 Å². The van der Waals surface area contributed by atoms with Crippen molar-refractivity contribution in [3.63, 3.8) is 0 Å². The van der Waals surface area contributed by atoms with Crippen LogP contribution in [0, 0.1) is 0 Å². The van der Waals surface area contributed by atoms with Gasteiger partial charge in [-0.25, -0.2) is 4.98 Å². The van der Waals surface area contributed by atoms with Crippen LogP contribution in [-0.2, 0) is 6.54 Å². The summed E-state index contributed by atoms with van der Waals surface area (Å²) in [6.07, 6.45) is 4.03. The van der Waals surface area contributed by atoms with Crippen LogP contribution in [0.3, 0.4) is 0 Å². The molecule has 0 saturated carbocycles. The largest absolute Gasteiger partial charge is 0.467 e. The highest BCUT2D eigenvalue weighted by molar-refractivity contribution is 5.85. The van der Waals surface area contributed by atoms with E-state index in [1.54, 1.807) is 13.3 Å². The number of benzene rings is 2. The molecule has 1 fully saturated rings. The first-order valence-electron chi connectivity index (χ1n) is 9.53. The van der Waals surface area contributed by atoms with Gasteiger partial charge < -0.3 is 9.64 Å². The van der Waals surface area contributed by atoms with Gasteiger partial charge in [-0.3, -0.25) is 4.90 Å². The van der Waals surface area contributed by atoms with Gasteiger partial charge in [0.05, 0.1) is 7.11 Å². The van der Waals surface area contributed by atoms with Gasteiger partial charge in [0.25, 0.3) is 0 Å². The van der Waals surface area contributed by atoms with Gasteiger partial charge >= 0.3 is 6.01 Å². The van der Waals surface area contributed by atoms with Crippen LogP contribution < -0.4 is 9.64 Å². The molecule has 5 heteroatoms. The third-order valence-electron chi connectivity index (χ3n) is 5.51. The van der Waals surface area contributed by atoms with Crippen molar-refractivity contribution >= 4 is 16.6 Å². The van der Waals surface area contributed by atoms with Crippen molar-refractivity contribution in [2.45, 2.75) is 25.4 Å². The molecule has 3 aromatic rings. The van der Waals surface area contributed by atoms with Crippen molar-refractivity contribution in [2.24, 2.45) is 0 Å². The van der Waals surface area contributed by atoms with Gasteiger partial charge in [0.1, 0.15) is 5.82 Å². The van der Waals surface area contributed by atoms with Crippen molar-refractivity contribution < 1.29 is 4.74 Å². The Morgan fingerprint density at radius 3 is 2.67 bits per heavy atom. The van der Waals surface area contributed by atoms with Crippen molar-refractivity contribution in [2.75, 3.05) is 32.1 Å². The summed E-state index contributed by atoms with van der Waals surface area (Å²) in [5.41, 5.74) is 1.40. The molecule has 0 bridgehead atoms. The van der Waals surface area contributed by atoms with Gasteiger partial charge in [0, 0.05) is 31.9 Å². The van der Waals surface area contributed by atoms with E-state index in [1.165, 1.54) is 16.3 Å². The zero-order chi connectivity index (χ0) is 18.6. The van der Waals surface area contributed by atoms with Crippen LogP contribution in [0.1, 0.15) is 18.4 Å². The molecule has 0 spiro atoms. The second-order valence-electron chi connectivity index (χ2n) is 7.17. The molecule has 0 radical (unpaired) electrons. The lowest BCUT2D eigenvalue weighted by atomic mass is 10.0. The number of hydrogen-bond donors (Lipinski definition) is 0. The summed E-state index contributed by atoms with van der Waals surface area (Å²) in [5, 5.41) is 2.67. The van der Waals surface area contributed by atoms with Gasteiger partial charge in [-0.1, -0.05) is 42.5 Å². The molecule has 1 saturated heterocycles. The van der Waals surface area contributed by atoms with Crippen LogP contribution in [0.4, 0.5) is 5.82 Å². The molecular formula is C22H26N4O. The molecule has 4 rings (SSSR count). The number of hydrogen-bond acceptors (Lipinski definition) is 5. The van der Waals surface area contributed by atoms with Gasteiger partial charge in [0.15, 0.2) is 0 Å². The van der Waals surface area contributed by atoms with Crippen LogP contribution in [0.15, 0.2) is 54.7 Å². The average molecular weight is 362 g/mol. The van der Waals surface area contributed by atoms with E-state index in [0.29, 0.717) is 12.1 Å². The number of aromatic nitrogens is 2. The van der Waals surface area contributed by atoms with E-state index in [9.17, 15) is 0 Å². The van der Waals surface area contributed by atoms with E-state index >= 15 is 0 Å². The van der Waals surface area contributed by atoms with Crippen LogP contribution in [0.25, 0.3) is 10.8 Å². The standard InChI is InChI=1S/C22H26N4O/c1-25(16-18-8-5-7-17-6-3-4-9-20(17)18)19-11-14-26(15-12-19)21-10-13-23-22(24-21)27-2/h3-10,13,19H,11-12,14-16H2,1-2H3. The topological polar surface area (TPSA) is 41.5 Å². The van der Waals surface area contributed by atoms with E-state index < -0.39 is 0 Å². The fourth-order valence-electron chi connectivity index (χ4n) is 3.97. The van der Waals surface area contributed by atoms with Crippen molar-refractivity contribution in [1.29, 1.82) is 0 Å². The Kier molecular flexibility index (Phi) is 5.21. The molecule has 1 aliphatic rings. The molecule has 1 aromatic heterocycles. The van der Waals surface area contributed by atoms with Gasteiger partial charge in [-0.2, -0.15) is 4.98 Å². The molecule has 1 aliphatic heterocycles. The summed E-state index contributed by atoms with van der Waals surface area (Å²) in [6.45, 7) is 2.99. The molecular weight excluding hydrogens is 336 g/mol. The Balaban J connectivity index is 1.40. The number of piperidine rings is 1. The minimum absolute atomic E-state index is 0.433. The molecule has 0 unspecified atom stereocenters. The normalized spacial score (nSPS) is 15.4. The number of ether oxygens (including phenoxy) is 1. The van der Waals surface area contributed by atoms with Crippen LogP contribution in [0.2, 0.25) is 0 Å². The maximum atomic E-state index is 5.15. The third kappa shape index (κ3) is 3.88. The fourth-order valence-corrected chi connectivity index (χ4v) is 3.97. The lowest BCUT2D eigenvalue weighted by molar-refractivity contribution is 0.200. The SMILES string of the molecule is COc1nccc(N2CCC(N(C)Cc3cccc4ccccc34)CC2)n1. The Morgan fingerprint density at radius 1 is 1.07 bits per heavy atom. The Morgan fingerprint density at radius 2 is 1.85 bits per heavy atom. The quantitative estimate of drug-likeness (QED) is 0.692. The second kappa shape index (κ2) is 7.92. The van der Waals surface area contributed by atoms with E-state index in [2.05, 4.69) is 69.3 Å². The summed E-state index contributed by atoms with van der Waals surface area (Å²) in [5.74, 6) is 0.956. The van der Waals surface area contributed by atoms with Gasteiger partial charge in [-0.05, 0) is 42.3 Å². The molecule has 0 N–H and O–H groups in total. The maximum Gasteiger partial charge on any atom is 0.318 e. The van der Waals surface area contributed by atoms with Crippen molar-refractivity contribution in [3.8, 4) is 6.01 Å². The first-order valence-corrected chi connectivity index (χ1v) is 9.53. The lowest BCUT2D eigenvalue weighted by Gasteiger charge is -2.37. The fraction of sp³-hybridized carbons (Fsp3) is 0.364. The molecule has 5 nitrogen and oxygen atoms in total. The molecule has 2 heterocycles. The lowest BCUT2D eigenvalue weighted by Crippen LogP contribution is -2.43. The highest BCUT2D eigenvalue weighted by Gasteiger charge is 2.23. The predicted molar refractivity (Wildman–Crippen MR) is 109 cm³/mol. The minimum atomic E-state index is 0.433. The molecule has 0 atom stereocenters. The van der Waals surface area contributed by atoms with E-state index in [1.807, 2.05) is 6.07 Å². The zero-order valence-electron chi connectivity index (χ0n) is 16.0.